The van der Waals surface area contributed by atoms with Gasteiger partial charge in [0.15, 0.2) is 5.78 Å². The first-order valence-electron chi connectivity index (χ1n) is 5.41. The predicted molar refractivity (Wildman–Crippen MR) is 78.6 cm³/mol. The Hall–Kier alpha value is -0.900. The maximum absolute atomic E-state index is 13.7. The Morgan fingerprint density at radius 3 is 2.42 bits per heavy atom. The van der Waals surface area contributed by atoms with Crippen LogP contribution in [0.2, 0.25) is 10.0 Å². The molecule has 0 unspecified atom stereocenters. The Morgan fingerprint density at radius 1 is 1.11 bits per heavy atom. The van der Waals surface area contributed by atoms with Crippen molar-refractivity contribution in [3.63, 3.8) is 0 Å². The molecule has 2 aromatic carbocycles. The average Bonchev–Trinajstić information content (AvgIpc) is 2.35. The van der Waals surface area contributed by atoms with Crippen LogP contribution >= 0.6 is 39.1 Å². The van der Waals surface area contributed by atoms with E-state index >= 15 is 0 Å². The third kappa shape index (κ3) is 3.16. The number of hydrogen-bond acceptors (Lipinski definition) is 1. The zero-order valence-electron chi connectivity index (χ0n) is 9.59. The van der Waals surface area contributed by atoms with Crippen molar-refractivity contribution in [3.05, 3.63) is 67.9 Å². The topological polar surface area (TPSA) is 17.1 Å². The molecular weight excluding hydrogens is 354 g/mol. The molecule has 0 amide bonds. The summed E-state index contributed by atoms with van der Waals surface area (Å²) in [6.45, 7) is 0. The largest absolute Gasteiger partial charge is 0.294 e. The zero-order valence-corrected chi connectivity index (χ0v) is 12.7. The van der Waals surface area contributed by atoms with E-state index in [1.54, 1.807) is 24.3 Å². The quantitative estimate of drug-likeness (QED) is 0.676. The van der Waals surface area contributed by atoms with E-state index in [1.807, 2.05) is 0 Å². The summed E-state index contributed by atoms with van der Waals surface area (Å²) in [5, 5.41) is 0.338. The molecule has 0 N–H and O–H groups in total. The molecule has 2 aromatic rings. The zero-order chi connectivity index (χ0) is 14.0. The lowest BCUT2D eigenvalue weighted by molar-refractivity contribution is 0.0991. The highest BCUT2D eigenvalue weighted by atomic mass is 79.9. The Bertz CT molecular complexity index is 623. The molecule has 0 spiro atoms. The molecule has 98 valence electrons. The van der Waals surface area contributed by atoms with Crippen molar-refractivity contribution in [1.82, 2.24) is 0 Å². The van der Waals surface area contributed by atoms with Crippen molar-refractivity contribution in [2.45, 2.75) is 6.42 Å². The molecule has 19 heavy (non-hydrogen) atoms. The van der Waals surface area contributed by atoms with Crippen LogP contribution in [0.3, 0.4) is 0 Å². The van der Waals surface area contributed by atoms with Crippen molar-refractivity contribution >= 4 is 44.9 Å². The smallest absolute Gasteiger partial charge is 0.169 e. The molecule has 0 atom stereocenters. The van der Waals surface area contributed by atoms with Gasteiger partial charge in [0, 0.05) is 10.9 Å². The first kappa shape index (κ1) is 14.5. The molecule has 0 saturated carbocycles. The minimum absolute atomic E-state index is 0.00326. The lowest BCUT2D eigenvalue weighted by atomic mass is 10.0. The van der Waals surface area contributed by atoms with E-state index in [9.17, 15) is 9.18 Å². The van der Waals surface area contributed by atoms with E-state index in [1.165, 1.54) is 12.1 Å². The third-order valence-electron chi connectivity index (χ3n) is 2.62. The summed E-state index contributed by atoms with van der Waals surface area (Å²) in [5.41, 5.74) is 0.605. The third-order valence-corrected chi connectivity index (χ3v) is 3.89. The molecular formula is C14H8BrCl2FO. The Morgan fingerprint density at radius 2 is 1.74 bits per heavy atom. The second kappa shape index (κ2) is 6.04. The van der Waals surface area contributed by atoms with Crippen LogP contribution in [-0.2, 0) is 6.42 Å². The van der Waals surface area contributed by atoms with E-state index in [2.05, 4.69) is 15.9 Å². The first-order chi connectivity index (χ1) is 9.00. The van der Waals surface area contributed by atoms with Gasteiger partial charge in [0.2, 0.25) is 0 Å². The molecule has 0 bridgehead atoms. The lowest BCUT2D eigenvalue weighted by Gasteiger charge is -2.07. The fourth-order valence-electron chi connectivity index (χ4n) is 1.71. The Labute approximate surface area is 128 Å². The Balaban J connectivity index is 2.34. The van der Waals surface area contributed by atoms with Gasteiger partial charge in [-0.3, -0.25) is 4.79 Å². The van der Waals surface area contributed by atoms with Gasteiger partial charge >= 0.3 is 0 Å². The van der Waals surface area contributed by atoms with E-state index in [-0.39, 0.29) is 22.8 Å². The van der Waals surface area contributed by atoms with E-state index in [4.69, 9.17) is 23.2 Å². The van der Waals surface area contributed by atoms with Crippen LogP contribution in [0.4, 0.5) is 4.39 Å². The van der Waals surface area contributed by atoms with Gasteiger partial charge < -0.3 is 0 Å². The number of halogens is 4. The highest BCUT2D eigenvalue weighted by Crippen LogP contribution is 2.27. The number of rotatable bonds is 3. The van der Waals surface area contributed by atoms with Crippen LogP contribution in [0, 0.1) is 5.82 Å². The van der Waals surface area contributed by atoms with E-state index in [0.29, 0.717) is 15.1 Å². The summed E-state index contributed by atoms with van der Waals surface area (Å²) in [6, 6.07) is 9.64. The van der Waals surface area contributed by atoms with Crippen LogP contribution in [0.1, 0.15) is 15.9 Å². The second-order valence-corrected chi connectivity index (χ2v) is 5.58. The molecule has 0 fully saturated rings. The van der Waals surface area contributed by atoms with E-state index < -0.39 is 5.82 Å². The lowest BCUT2D eigenvalue weighted by Crippen LogP contribution is -2.07. The highest BCUT2D eigenvalue weighted by molar-refractivity contribution is 9.10. The average molecular weight is 362 g/mol. The van der Waals surface area contributed by atoms with Gasteiger partial charge in [0.05, 0.1) is 15.6 Å². The van der Waals surface area contributed by atoms with Crippen LogP contribution in [0.5, 0.6) is 0 Å². The summed E-state index contributed by atoms with van der Waals surface area (Å²) in [6.07, 6.45) is -0.0886. The monoisotopic (exact) mass is 360 g/mol. The number of carbonyl (C=O) groups excluding carboxylic acids is 1. The SMILES string of the molecule is O=C(Cc1cccc(Cl)c1F)c1c(Cl)cccc1Br. The van der Waals surface area contributed by atoms with Gasteiger partial charge in [-0.2, -0.15) is 0 Å². The summed E-state index contributed by atoms with van der Waals surface area (Å²) in [4.78, 5) is 12.2. The van der Waals surface area contributed by atoms with Gasteiger partial charge in [0.1, 0.15) is 5.82 Å². The molecule has 0 aliphatic rings. The molecule has 2 rings (SSSR count). The predicted octanol–water partition coefficient (Wildman–Crippen LogP) is 5.32. The minimum atomic E-state index is -0.569. The number of benzene rings is 2. The van der Waals surface area contributed by atoms with Gasteiger partial charge in [-0.1, -0.05) is 41.4 Å². The van der Waals surface area contributed by atoms with Crippen molar-refractivity contribution in [2.75, 3.05) is 0 Å². The van der Waals surface area contributed by atoms with Gasteiger partial charge in [-0.25, -0.2) is 4.39 Å². The van der Waals surface area contributed by atoms with Crippen molar-refractivity contribution in [3.8, 4) is 0 Å². The number of Topliss-reactive ketones (excluding diaryl/α,β-unsaturated/α-hetero) is 1. The maximum Gasteiger partial charge on any atom is 0.169 e. The molecule has 0 radical (unpaired) electrons. The molecule has 5 heteroatoms. The van der Waals surface area contributed by atoms with Crippen molar-refractivity contribution < 1.29 is 9.18 Å². The van der Waals surface area contributed by atoms with Gasteiger partial charge in [0.25, 0.3) is 0 Å². The summed E-state index contributed by atoms with van der Waals surface area (Å²) < 4.78 is 14.3. The standard InChI is InChI=1S/C14H8BrCl2FO/c15-9-4-2-5-10(16)13(9)12(19)7-8-3-1-6-11(17)14(8)18/h1-6H,7H2. The molecule has 0 heterocycles. The van der Waals surface area contributed by atoms with Crippen LogP contribution in [0.25, 0.3) is 0 Å². The van der Waals surface area contributed by atoms with E-state index in [0.717, 1.165) is 0 Å². The van der Waals surface area contributed by atoms with Gasteiger partial charge in [-0.15, -0.1) is 0 Å². The normalized spacial score (nSPS) is 10.5. The first-order valence-corrected chi connectivity index (χ1v) is 6.95. The minimum Gasteiger partial charge on any atom is -0.294 e. The second-order valence-electron chi connectivity index (χ2n) is 3.91. The molecule has 1 nitrogen and oxygen atoms in total. The molecule has 0 aromatic heterocycles. The number of carbonyl (C=O) groups is 1. The van der Waals surface area contributed by atoms with Crippen LogP contribution in [0.15, 0.2) is 40.9 Å². The summed E-state index contributed by atoms with van der Waals surface area (Å²) in [5.74, 6) is -0.834. The van der Waals surface area contributed by atoms with Crippen LogP contribution in [-0.4, -0.2) is 5.78 Å². The van der Waals surface area contributed by atoms with Crippen molar-refractivity contribution in [1.29, 1.82) is 0 Å². The summed E-state index contributed by atoms with van der Waals surface area (Å²) in [7, 11) is 0. The fourth-order valence-corrected chi connectivity index (χ4v) is 2.89. The van der Waals surface area contributed by atoms with Crippen molar-refractivity contribution in [2.24, 2.45) is 0 Å². The fraction of sp³-hybridized carbons (Fsp3) is 0.0714. The number of ketones is 1. The Kier molecular flexibility index (Phi) is 4.61. The highest BCUT2D eigenvalue weighted by Gasteiger charge is 2.17. The summed E-state index contributed by atoms with van der Waals surface area (Å²) >= 11 is 14.9. The van der Waals surface area contributed by atoms with Gasteiger partial charge in [-0.05, 0) is 39.7 Å². The molecule has 0 saturated heterocycles. The number of hydrogen-bond donors (Lipinski definition) is 0. The maximum atomic E-state index is 13.7. The van der Waals surface area contributed by atoms with Crippen LogP contribution < -0.4 is 0 Å². The molecule has 0 aliphatic carbocycles. The molecule has 0 aliphatic heterocycles.